The average molecular weight is 310 g/mol. The Morgan fingerprint density at radius 2 is 2.22 bits per heavy atom. The fraction of sp³-hybridized carbons (Fsp3) is 0.500. The summed E-state index contributed by atoms with van der Waals surface area (Å²) >= 11 is 3.57. The van der Waals surface area contributed by atoms with Crippen LogP contribution < -0.4 is 5.32 Å². The van der Waals surface area contributed by atoms with Crippen molar-refractivity contribution in [2.24, 2.45) is 0 Å². The highest BCUT2D eigenvalue weighted by atomic mass is 79.9. The molecular formula is C16H24BrN. The number of hydrogen-bond acceptors (Lipinski definition) is 1. The van der Waals surface area contributed by atoms with Crippen LogP contribution in [0, 0.1) is 6.92 Å². The van der Waals surface area contributed by atoms with Gasteiger partial charge in [-0.2, -0.15) is 0 Å². The third kappa shape index (κ3) is 4.95. The van der Waals surface area contributed by atoms with Crippen molar-refractivity contribution in [1.29, 1.82) is 0 Å². The molecule has 100 valence electrons. The van der Waals surface area contributed by atoms with E-state index in [-0.39, 0.29) is 0 Å². The molecule has 0 aliphatic carbocycles. The topological polar surface area (TPSA) is 12.0 Å². The first-order valence-corrected chi connectivity index (χ1v) is 7.58. The standard InChI is InChI=1S/C16H24BrN/c1-4-6-7-8-16(18-11-5-2)15-12-14(17)10-9-13(15)3/h4,9-10,12,16,18H,1,5-8,11H2,2-3H3. The van der Waals surface area contributed by atoms with Crippen molar-refractivity contribution >= 4 is 15.9 Å². The van der Waals surface area contributed by atoms with Gasteiger partial charge in [0.2, 0.25) is 0 Å². The maximum atomic E-state index is 3.80. The summed E-state index contributed by atoms with van der Waals surface area (Å²) in [6, 6.07) is 7.01. The predicted molar refractivity (Wildman–Crippen MR) is 84.0 cm³/mol. The number of unbranched alkanes of at least 4 members (excludes halogenated alkanes) is 1. The van der Waals surface area contributed by atoms with Gasteiger partial charge in [-0.25, -0.2) is 0 Å². The van der Waals surface area contributed by atoms with Crippen molar-refractivity contribution < 1.29 is 0 Å². The second-order valence-electron chi connectivity index (χ2n) is 4.73. The van der Waals surface area contributed by atoms with Gasteiger partial charge in [0.15, 0.2) is 0 Å². The molecule has 0 aliphatic rings. The van der Waals surface area contributed by atoms with Crippen LogP contribution in [-0.2, 0) is 0 Å². The second-order valence-corrected chi connectivity index (χ2v) is 5.64. The average Bonchev–Trinajstić information content (AvgIpc) is 2.37. The quantitative estimate of drug-likeness (QED) is 0.517. The third-order valence-electron chi connectivity index (χ3n) is 3.16. The van der Waals surface area contributed by atoms with Crippen LogP contribution in [0.3, 0.4) is 0 Å². The first-order chi connectivity index (χ1) is 8.69. The molecule has 1 nitrogen and oxygen atoms in total. The van der Waals surface area contributed by atoms with E-state index < -0.39 is 0 Å². The van der Waals surface area contributed by atoms with Crippen LogP contribution in [0.5, 0.6) is 0 Å². The highest BCUT2D eigenvalue weighted by Gasteiger charge is 2.12. The van der Waals surface area contributed by atoms with Gasteiger partial charge < -0.3 is 5.32 Å². The molecule has 1 atom stereocenters. The first kappa shape index (κ1) is 15.5. The maximum Gasteiger partial charge on any atom is 0.0323 e. The number of nitrogens with one attached hydrogen (secondary N) is 1. The molecule has 0 spiro atoms. The monoisotopic (exact) mass is 309 g/mol. The molecule has 0 saturated heterocycles. The molecule has 0 aromatic heterocycles. The van der Waals surface area contributed by atoms with Gasteiger partial charge in [0.25, 0.3) is 0 Å². The zero-order chi connectivity index (χ0) is 13.4. The fourth-order valence-corrected chi connectivity index (χ4v) is 2.52. The Kier molecular flexibility index (Phi) is 7.29. The van der Waals surface area contributed by atoms with Crippen LogP contribution in [0.25, 0.3) is 0 Å². The molecule has 0 bridgehead atoms. The Bertz CT molecular complexity index is 373. The second kappa shape index (κ2) is 8.49. The summed E-state index contributed by atoms with van der Waals surface area (Å²) in [4.78, 5) is 0. The zero-order valence-corrected chi connectivity index (χ0v) is 13.1. The molecule has 1 unspecified atom stereocenters. The van der Waals surface area contributed by atoms with E-state index in [9.17, 15) is 0 Å². The van der Waals surface area contributed by atoms with Gasteiger partial charge in [0.1, 0.15) is 0 Å². The minimum atomic E-state index is 0.461. The van der Waals surface area contributed by atoms with E-state index in [1.807, 2.05) is 6.08 Å². The van der Waals surface area contributed by atoms with E-state index in [0.717, 1.165) is 17.4 Å². The lowest BCUT2D eigenvalue weighted by atomic mass is 9.96. The Balaban J connectivity index is 2.78. The van der Waals surface area contributed by atoms with Crippen LogP contribution in [0.2, 0.25) is 0 Å². The largest absolute Gasteiger partial charge is 0.310 e. The van der Waals surface area contributed by atoms with Gasteiger partial charge in [0.05, 0.1) is 0 Å². The summed E-state index contributed by atoms with van der Waals surface area (Å²) < 4.78 is 1.16. The number of rotatable bonds is 8. The van der Waals surface area contributed by atoms with E-state index >= 15 is 0 Å². The van der Waals surface area contributed by atoms with Crippen molar-refractivity contribution in [3.8, 4) is 0 Å². The molecule has 2 heteroatoms. The molecule has 0 radical (unpaired) electrons. The molecule has 0 aliphatic heterocycles. The highest BCUT2D eigenvalue weighted by Crippen LogP contribution is 2.26. The van der Waals surface area contributed by atoms with E-state index in [4.69, 9.17) is 0 Å². The molecule has 1 aromatic carbocycles. The van der Waals surface area contributed by atoms with Gasteiger partial charge in [-0.3, -0.25) is 0 Å². The Hall–Kier alpha value is -0.600. The molecule has 1 aromatic rings. The van der Waals surface area contributed by atoms with E-state index in [1.165, 1.54) is 30.4 Å². The van der Waals surface area contributed by atoms with Gasteiger partial charge in [-0.1, -0.05) is 35.0 Å². The van der Waals surface area contributed by atoms with Crippen molar-refractivity contribution in [2.45, 2.75) is 45.6 Å². The SMILES string of the molecule is C=CCCCC(NCCC)c1cc(Br)ccc1C. The van der Waals surface area contributed by atoms with Crippen molar-refractivity contribution in [3.05, 3.63) is 46.5 Å². The fourth-order valence-electron chi connectivity index (χ4n) is 2.14. The Labute approximate surface area is 120 Å². The number of halogens is 1. The minimum absolute atomic E-state index is 0.461. The maximum absolute atomic E-state index is 3.80. The summed E-state index contributed by atoms with van der Waals surface area (Å²) in [6.45, 7) is 9.27. The summed E-state index contributed by atoms with van der Waals surface area (Å²) in [5.74, 6) is 0. The van der Waals surface area contributed by atoms with Gasteiger partial charge in [0, 0.05) is 10.5 Å². The molecule has 0 saturated carbocycles. The number of hydrogen-bond donors (Lipinski definition) is 1. The predicted octanol–water partition coefficient (Wildman–Crippen LogP) is 5.15. The normalized spacial score (nSPS) is 12.4. The summed E-state index contributed by atoms with van der Waals surface area (Å²) in [7, 11) is 0. The van der Waals surface area contributed by atoms with Crippen LogP contribution in [0.4, 0.5) is 0 Å². The van der Waals surface area contributed by atoms with Crippen LogP contribution >= 0.6 is 15.9 Å². The molecule has 0 amide bonds. The molecule has 1 rings (SSSR count). The van der Waals surface area contributed by atoms with Crippen molar-refractivity contribution in [3.63, 3.8) is 0 Å². The smallest absolute Gasteiger partial charge is 0.0323 e. The highest BCUT2D eigenvalue weighted by molar-refractivity contribution is 9.10. The lowest BCUT2D eigenvalue weighted by Crippen LogP contribution is -2.22. The van der Waals surface area contributed by atoms with Crippen LogP contribution in [-0.4, -0.2) is 6.54 Å². The van der Waals surface area contributed by atoms with Gasteiger partial charge in [-0.15, -0.1) is 6.58 Å². The lowest BCUT2D eigenvalue weighted by Gasteiger charge is -2.21. The molecule has 1 N–H and O–H groups in total. The summed E-state index contributed by atoms with van der Waals surface area (Å²) in [6.07, 6.45) is 6.63. The molecule has 18 heavy (non-hydrogen) atoms. The Morgan fingerprint density at radius 3 is 2.89 bits per heavy atom. The summed E-state index contributed by atoms with van der Waals surface area (Å²) in [5, 5.41) is 3.66. The summed E-state index contributed by atoms with van der Waals surface area (Å²) in [5.41, 5.74) is 2.78. The lowest BCUT2D eigenvalue weighted by molar-refractivity contribution is 0.484. The van der Waals surface area contributed by atoms with E-state index in [0.29, 0.717) is 6.04 Å². The zero-order valence-electron chi connectivity index (χ0n) is 11.5. The van der Waals surface area contributed by atoms with E-state index in [2.05, 4.69) is 59.9 Å². The number of aryl methyl sites for hydroxylation is 1. The first-order valence-electron chi connectivity index (χ1n) is 6.79. The van der Waals surface area contributed by atoms with Crippen LogP contribution in [0.15, 0.2) is 35.3 Å². The Morgan fingerprint density at radius 1 is 1.44 bits per heavy atom. The molecule has 0 heterocycles. The molecular weight excluding hydrogens is 286 g/mol. The van der Waals surface area contributed by atoms with Gasteiger partial charge in [-0.05, 0) is 62.4 Å². The third-order valence-corrected chi connectivity index (χ3v) is 3.65. The molecule has 0 fully saturated rings. The minimum Gasteiger partial charge on any atom is -0.310 e. The van der Waals surface area contributed by atoms with Crippen molar-refractivity contribution in [1.82, 2.24) is 5.32 Å². The number of allylic oxidation sites excluding steroid dienone is 1. The van der Waals surface area contributed by atoms with Crippen molar-refractivity contribution in [2.75, 3.05) is 6.54 Å². The van der Waals surface area contributed by atoms with Gasteiger partial charge >= 0.3 is 0 Å². The van der Waals surface area contributed by atoms with Crippen LogP contribution in [0.1, 0.15) is 49.8 Å². The van der Waals surface area contributed by atoms with E-state index in [1.54, 1.807) is 0 Å². The number of benzene rings is 1.